The molecule has 0 saturated heterocycles. The third-order valence-corrected chi connectivity index (χ3v) is 5.64. The number of para-hydroxylation sites is 1. The van der Waals surface area contributed by atoms with Gasteiger partial charge in [0.25, 0.3) is 0 Å². The summed E-state index contributed by atoms with van der Waals surface area (Å²) in [5.41, 5.74) is 3.36. The normalized spacial score (nSPS) is 16.8. The molecule has 0 aliphatic carbocycles. The first kappa shape index (κ1) is 18.2. The second-order valence-corrected chi connectivity index (χ2v) is 7.86. The van der Waals surface area contributed by atoms with Crippen molar-refractivity contribution in [3.05, 3.63) is 70.4 Å². The van der Waals surface area contributed by atoms with Crippen LogP contribution in [0.2, 0.25) is 5.15 Å². The number of halogens is 3. The lowest BCUT2D eigenvalue weighted by Crippen LogP contribution is -2.42. The lowest BCUT2D eigenvalue weighted by Gasteiger charge is -2.41. The fourth-order valence-electron chi connectivity index (χ4n) is 4.12. The number of fused-ring (bicyclic) bond motifs is 2. The van der Waals surface area contributed by atoms with E-state index >= 15 is 0 Å². The van der Waals surface area contributed by atoms with Crippen LogP contribution >= 0.6 is 11.6 Å². The molecule has 2 nitrogen and oxygen atoms in total. The molecule has 0 spiro atoms. The molecule has 0 N–H and O–H groups in total. The Morgan fingerprint density at radius 2 is 1.96 bits per heavy atom. The van der Waals surface area contributed by atoms with E-state index in [-0.39, 0.29) is 10.7 Å². The van der Waals surface area contributed by atoms with Crippen molar-refractivity contribution < 1.29 is 8.78 Å². The zero-order chi connectivity index (χ0) is 19.1. The molecule has 1 aliphatic rings. The van der Waals surface area contributed by atoms with Crippen LogP contribution in [0.5, 0.6) is 0 Å². The summed E-state index contributed by atoms with van der Waals surface area (Å²) in [5, 5.41) is 0.775. The van der Waals surface area contributed by atoms with Crippen LogP contribution in [0.15, 0.2) is 42.5 Å². The van der Waals surface area contributed by atoms with E-state index in [0.29, 0.717) is 23.9 Å². The van der Waals surface area contributed by atoms with Crippen LogP contribution in [0, 0.1) is 17.6 Å². The van der Waals surface area contributed by atoms with Gasteiger partial charge in [-0.3, -0.25) is 0 Å². The number of benzene rings is 2. The SMILES string of the molecule is CC(C)C1CCc2ccccc2N1Cc1cc(Cl)nc2c(F)c(F)ccc12. The number of anilines is 1. The minimum absolute atomic E-state index is 0.0103. The van der Waals surface area contributed by atoms with Gasteiger partial charge in [-0.1, -0.05) is 43.6 Å². The zero-order valence-electron chi connectivity index (χ0n) is 15.3. The van der Waals surface area contributed by atoms with E-state index in [1.807, 2.05) is 6.07 Å². The molecule has 140 valence electrons. The molecular weight excluding hydrogens is 366 g/mol. The highest BCUT2D eigenvalue weighted by Crippen LogP contribution is 2.36. The molecule has 0 bridgehead atoms. The molecule has 0 amide bonds. The predicted octanol–water partition coefficient (Wildman–Crippen LogP) is 6.14. The Kier molecular flexibility index (Phi) is 4.77. The molecule has 2 aromatic carbocycles. The summed E-state index contributed by atoms with van der Waals surface area (Å²) in [4.78, 5) is 6.39. The van der Waals surface area contributed by atoms with E-state index in [1.165, 1.54) is 11.3 Å². The van der Waals surface area contributed by atoms with Gasteiger partial charge in [-0.15, -0.1) is 0 Å². The first-order valence-corrected chi connectivity index (χ1v) is 9.61. The van der Waals surface area contributed by atoms with Gasteiger partial charge in [0.1, 0.15) is 10.7 Å². The first-order valence-electron chi connectivity index (χ1n) is 9.23. The van der Waals surface area contributed by atoms with Crippen molar-refractivity contribution in [2.24, 2.45) is 5.92 Å². The number of hydrogen-bond acceptors (Lipinski definition) is 2. The minimum Gasteiger partial charge on any atom is -0.364 e. The van der Waals surface area contributed by atoms with Crippen LogP contribution in [0.1, 0.15) is 31.4 Å². The molecule has 5 heteroatoms. The number of aryl methyl sites for hydroxylation is 1. The number of nitrogens with zero attached hydrogens (tertiary/aromatic N) is 2. The lowest BCUT2D eigenvalue weighted by atomic mass is 9.88. The van der Waals surface area contributed by atoms with Crippen molar-refractivity contribution in [2.45, 2.75) is 39.3 Å². The van der Waals surface area contributed by atoms with E-state index in [9.17, 15) is 8.78 Å². The van der Waals surface area contributed by atoms with E-state index in [2.05, 4.69) is 41.9 Å². The van der Waals surface area contributed by atoms with Crippen molar-refractivity contribution in [1.82, 2.24) is 4.98 Å². The quantitative estimate of drug-likeness (QED) is 0.502. The van der Waals surface area contributed by atoms with Crippen molar-refractivity contribution in [3.63, 3.8) is 0 Å². The Bertz CT molecular complexity index is 1000. The van der Waals surface area contributed by atoms with Gasteiger partial charge < -0.3 is 4.90 Å². The first-order chi connectivity index (χ1) is 13.0. The summed E-state index contributed by atoms with van der Waals surface area (Å²) in [7, 11) is 0. The Balaban J connectivity index is 1.84. The van der Waals surface area contributed by atoms with Gasteiger partial charge in [-0.25, -0.2) is 13.8 Å². The molecule has 1 unspecified atom stereocenters. The van der Waals surface area contributed by atoms with E-state index in [1.54, 1.807) is 12.1 Å². The molecular formula is C22H21ClF2N2. The standard InChI is InChI=1S/C22H21ClF2N2/c1-13(2)18-10-7-14-5-3-4-6-19(14)27(18)12-15-11-20(23)26-22-16(15)8-9-17(24)21(22)25/h3-6,8-9,11,13,18H,7,10,12H2,1-2H3. The van der Waals surface area contributed by atoms with Gasteiger partial charge in [0.05, 0.1) is 0 Å². The van der Waals surface area contributed by atoms with Crippen LogP contribution in [-0.2, 0) is 13.0 Å². The van der Waals surface area contributed by atoms with Crippen LogP contribution in [0.25, 0.3) is 10.9 Å². The van der Waals surface area contributed by atoms with E-state index in [4.69, 9.17) is 11.6 Å². The Labute approximate surface area is 162 Å². The van der Waals surface area contributed by atoms with Crippen LogP contribution in [-0.4, -0.2) is 11.0 Å². The Morgan fingerprint density at radius 1 is 1.19 bits per heavy atom. The highest BCUT2D eigenvalue weighted by Gasteiger charge is 2.29. The van der Waals surface area contributed by atoms with Gasteiger partial charge in [0.15, 0.2) is 11.6 Å². The lowest BCUT2D eigenvalue weighted by molar-refractivity contribution is 0.412. The van der Waals surface area contributed by atoms with Gasteiger partial charge in [-0.05, 0) is 54.2 Å². The molecule has 0 saturated carbocycles. The molecule has 0 radical (unpaired) electrons. The van der Waals surface area contributed by atoms with E-state index < -0.39 is 11.6 Å². The average molecular weight is 387 g/mol. The number of hydrogen-bond donors (Lipinski definition) is 0. The van der Waals surface area contributed by atoms with Crippen LogP contribution < -0.4 is 4.90 Å². The van der Waals surface area contributed by atoms with Crippen molar-refractivity contribution >= 4 is 28.2 Å². The van der Waals surface area contributed by atoms with Gasteiger partial charge >= 0.3 is 0 Å². The fraction of sp³-hybridized carbons (Fsp3) is 0.318. The topological polar surface area (TPSA) is 16.1 Å². The zero-order valence-corrected chi connectivity index (χ0v) is 16.1. The average Bonchev–Trinajstić information content (AvgIpc) is 2.65. The Hall–Kier alpha value is -2.20. The smallest absolute Gasteiger partial charge is 0.185 e. The van der Waals surface area contributed by atoms with E-state index in [0.717, 1.165) is 24.5 Å². The fourth-order valence-corrected chi connectivity index (χ4v) is 4.34. The monoisotopic (exact) mass is 386 g/mol. The van der Waals surface area contributed by atoms with Gasteiger partial charge in [-0.2, -0.15) is 0 Å². The maximum atomic E-state index is 14.3. The second kappa shape index (κ2) is 7.08. The molecule has 1 aromatic heterocycles. The summed E-state index contributed by atoms with van der Waals surface area (Å²) < 4.78 is 27.9. The maximum Gasteiger partial charge on any atom is 0.185 e. The maximum absolute atomic E-state index is 14.3. The molecule has 3 aromatic rings. The van der Waals surface area contributed by atoms with Gasteiger partial charge in [0, 0.05) is 23.7 Å². The van der Waals surface area contributed by atoms with Crippen molar-refractivity contribution in [3.8, 4) is 0 Å². The summed E-state index contributed by atoms with van der Waals surface area (Å²) in [6.45, 7) is 5.01. The van der Waals surface area contributed by atoms with Crippen molar-refractivity contribution in [1.29, 1.82) is 0 Å². The second-order valence-electron chi connectivity index (χ2n) is 7.47. The van der Waals surface area contributed by atoms with Crippen LogP contribution in [0.4, 0.5) is 14.5 Å². The number of rotatable bonds is 3. The highest BCUT2D eigenvalue weighted by atomic mass is 35.5. The summed E-state index contributed by atoms with van der Waals surface area (Å²) in [6.07, 6.45) is 2.11. The predicted molar refractivity (Wildman–Crippen MR) is 106 cm³/mol. The minimum atomic E-state index is -0.948. The summed E-state index contributed by atoms with van der Waals surface area (Å²) in [5.74, 6) is -1.39. The molecule has 1 atom stereocenters. The largest absolute Gasteiger partial charge is 0.364 e. The highest BCUT2D eigenvalue weighted by molar-refractivity contribution is 6.30. The molecule has 0 fully saturated rings. The molecule has 4 rings (SSSR count). The number of aromatic nitrogens is 1. The Morgan fingerprint density at radius 3 is 2.74 bits per heavy atom. The number of pyridine rings is 1. The van der Waals surface area contributed by atoms with Crippen molar-refractivity contribution in [2.75, 3.05) is 4.90 Å². The van der Waals surface area contributed by atoms with Crippen LogP contribution in [0.3, 0.4) is 0 Å². The molecule has 2 heterocycles. The summed E-state index contributed by atoms with van der Waals surface area (Å²) in [6, 6.07) is 13.3. The van der Waals surface area contributed by atoms with Gasteiger partial charge in [0.2, 0.25) is 0 Å². The molecule has 27 heavy (non-hydrogen) atoms. The third kappa shape index (κ3) is 3.27. The summed E-state index contributed by atoms with van der Waals surface area (Å²) >= 11 is 6.15. The molecule has 1 aliphatic heterocycles. The third-order valence-electron chi connectivity index (χ3n) is 5.45.